The second kappa shape index (κ2) is 5.21. The number of amides is 1. The molecule has 3 N–H and O–H groups in total. The number of nitrogens with one attached hydrogen (secondary N) is 1. The van der Waals surface area contributed by atoms with E-state index >= 15 is 0 Å². The molecule has 1 aliphatic rings. The first-order valence-corrected chi connectivity index (χ1v) is 6.81. The lowest BCUT2D eigenvalue weighted by Crippen LogP contribution is -2.34. The van der Waals surface area contributed by atoms with Crippen LogP contribution in [0.3, 0.4) is 0 Å². The van der Waals surface area contributed by atoms with Crippen molar-refractivity contribution in [3.63, 3.8) is 0 Å². The Morgan fingerprint density at radius 1 is 1.37 bits per heavy atom. The van der Waals surface area contributed by atoms with Crippen molar-refractivity contribution >= 4 is 17.3 Å². The largest absolute Gasteiger partial charge is 0.380 e. The van der Waals surface area contributed by atoms with Gasteiger partial charge in [0.05, 0.1) is 0 Å². The number of nitrogens with zero attached hydrogens (tertiary/aromatic N) is 1. The van der Waals surface area contributed by atoms with Gasteiger partial charge < -0.3 is 16.0 Å². The molecule has 0 radical (unpaired) electrons. The number of carbonyl (C=O) groups is 1. The van der Waals surface area contributed by atoms with E-state index in [9.17, 15) is 4.79 Å². The minimum Gasteiger partial charge on any atom is -0.380 e. The summed E-state index contributed by atoms with van der Waals surface area (Å²) in [6, 6.07) is 6.20. The summed E-state index contributed by atoms with van der Waals surface area (Å²) >= 11 is 0. The van der Waals surface area contributed by atoms with Crippen molar-refractivity contribution in [3.05, 3.63) is 23.8 Å². The highest BCUT2D eigenvalue weighted by Crippen LogP contribution is 2.30. The molecule has 0 unspecified atom stereocenters. The fourth-order valence-electron chi connectivity index (χ4n) is 2.55. The van der Waals surface area contributed by atoms with Crippen LogP contribution >= 0.6 is 0 Å². The molecule has 0 saturated carbocycles. The summed E-state index contributed by atoms with van der Waals surface area (Å²) < 4.78 is 0. The van der Waals surface area contributed by atoms with Crippen LogP contribution in [0.2, 0.25) is 0 Å². The molecular formula is C15H23N3O. The smallest absolute Gasteiger partial charge is 0.227 e. The summed E-state index contributed by atoms with van der Waals surface area (Å²) in [4.78, 5) is 13.4. The van der Waals surface area contributed by atoms with Crippen molar-refractivity contribution in [2.24, 2.45) is 5.73 Å². The molecule has 0 spiro atoms. The zero-order chi connectivity index (χ0) is 14.0. The summed E-state index contributed by atoms with van der Waals surface area (Å²) in [5.41, 5.74) is 8.97. The van der Waals surface area contributed by atoms with E-state index in [0.29, 0.717) is 13.0 Å². The average molecular weight is 261 g/mol. The number of anilines is 2. The van der Waals surface area contributed by atoms with E-state index in [2.05, 4.69) is 25.2 Å². The van der Waals surface area contributed by atoms with Gasteiger partial charge in [-0.3, -0.25) is 4.79 Å². The van der Waals surface area contributed by atoms with Crippen LogP contribution in [0.15, 0.2) is 18.2 Å². The molecule has 19 heavy (non-hydrogen) atoms. The van der Waals surface area contributed by atoms with Gasteiger partial charge in [-0.15, -0.1) is 0 Å². The molecule has 4 nitrogen and oxygen atoms in total. The first-order valence-electron chi connectivity index (χ1n) is 6.81. The van der Waals surface area contributed by atoms with Crippen LogP contribution in [0.4, 0.5) is 11.4 Å². The summed E-state index contributed by atoms with van der Waals surface area (Å²) in [6.45, 7) is 4.96. The predicted molar refractivity (Wildman–Crippen MR) is 79.5 cm³/mol. The molecular weight excluding hydrogens is 238 g/mol. The number of hydrogen-bond donors (Lipinski definition) is 2. The molecule has 0 fully saturated rings. The molecule has 0 bridgehead atoms. The van der Waals surface area contributed by atoms with Crippen LogP contribution < -0.4 is 16.0 Å². The Balaban J connectivity index is 2.20. The Bertz CT molecular complexity index is 482. The van der Waals surface area contributed by atoms with Crippen LogP contribution in [0.1, 0.15) is 32.3 Å². The van der Waals surface area contributed by atoms with Crippen LogP contribution in [-0.4, -0.2) is 25.0 Å². The normalized spacial score (nSPS) is 15.4. The summed E-state index contributed by atoms with van der Waals surface area (Å²) in [5.74, 6) is 0.191. The van der Waals surface area contributed by atoms with Gasteiger partial charge in [0.1, 0.15) is 0 Å². The molecule has 0 saturated heterocycles. The molecule has 1 amide bonds. The number of nitrogens with two attached hydrogens (primary N) is 1. The molecule has 4 heteroatoms. The number of carbonyl (C=O) groups excluding carboxylic acids is 1. The van der Waals surface area contributed by atoms with E-state index in [-0.39, 0.29) is 11.4 Å². The lowest BCUT2D eigenvalue weighted by Gasteiger charge is -2.30. The lowest BCUT2D eigenvalue weighted by molar-refractivity contribution is -0.118. The second-order valence-electron chi connectivity index (χ2n) is 5.84. The molecule has 1 heterocycles. The van der Waals surface area contributed by atoms with Crippen molar-refractivity contribution in [3.8, 4) is 0 Å². The fourth-order valence-corrected chi connectivity index (χ4v) is 2.55. The highest BCUT2D eigenvalue weighted by Gasteiger charge is 2.22. The highest BCUT2D eigenvalue weighted by atomic mass is 16.2. The summed E-state index contributed by atoms with van der Waals surface area (Å²) in [6.07, 6.45) is 2.34. The number of hydrogen-bond acceptors (Lipinski definition) is 3. The van der Waals surface area contributed by atoms with Gasteiger partial charge in [0.25, 0.3) is 0 Å². The Labute approximate surface area is 115 Å². The third-order valence-electron chi connectivity index (χ3n) is 3.68. The quantitative estimate of drug-likeness (QED) is 0.873. The molecule has 1 aromatic carbocycles. The van der Waals surface area contributed by atoms with E-state index in [1.807, 2.05) is 19.2 Å². The lowest BCUT2D eigenvalue weighted by atomic mass is 9.98. The summed E-state index contributed by atoms with van der Waals surface area (Å²) in [7, 11) is 1.84. The third kappa shape index (κ3) is 3.07. The maximum absolute atomic E-state index is 11.7. The molecule has 0 aliphatic carbocycles. The fraction of sp³-hybridized carbons (Fsp3) is 0.533. The number of fused-ring (bicyclic) bond motifs is 1. The topological polar surface area (TPSA) is 58.4 Å². The van der Waals surface area contributed by atoms with Gasteiger partial charge in [0.15, 0.2) is 0 Å². The van der Waals surface area contributed by atoms with E-state index < -0.39 is 0 Å². The molecule has 104 valence electrons. The van der Waals surface area contributed by atoms with Crippen LogP contribution in [-0.2, 0) is 11.2 Å². The first kappa shape index (κ1) is 13.9. The Morgan fingerprint density at radius 3 is 2.79 bits per heavy atom. The SMILES string of the molecule is CN1C(=O)CCc2cc(NC(C)(C)CCN)ccc21. The van der Waals surface area contributed by atoms with E-state index in [1.165, 1.54) is 5.56 Å². The van der Waals surface area contributed by atoms with E-state index in [0.717, 1.165) is 24.2 Å². The second-order valence-corrected chi connectivity index (χ2v) is 5.84. The standard InChI is InChI=1S/C15H23N3O/c1-15(2,8-9-16)17-12-5-6-13-11(10-12)4-7-14(19)18(13)3/h5-6,10,17H,4,7-9,16H2,1-3H3. The average Bonchev–Trinajstić information content (AvgIpc) is 2.33. The Hall–Kier alpha value is -1.55. The van der Waals surface area contributed by atoms with E-state index in [4.69, 9.17) is 5.73 Å². The molecule has 0 aromatic heterocycles. The molecule has 0 atom stereocenters. The van der Waals surface area contributed by atoms with Crippen molar-refractivity contribution in [1.82, 2.24) is 0 Å². The zero-order valence-corrected chi connectivity index (χ0v) is 12.0. The minimum atomic E-state index is -0.0145. The van der Waals surface area contributed by atoms with Gasteiger partial charge in [-0.25, -0.2) is 0 Å². The van der Waals surface area contributed by atoms with Gasteiger partial charge in [-0.2, -0.15) is 0 Å². The molecule has 2 rings (SSSR count). The third-order valence-corrected chi connectivity index (χ3v) is 3.68. The van der Waals surface area contributed by atoms with Crippen LogP contribution in [0.25, 0.3) is 0 Å². The van der Waals surface area contributed by atoms with Crippen molar-refractivity contribution in [1.29, 1.82) is 0 Å². The minimum absolute atomic E-state index is 0.0145. The highest BCUT2D eigenvalue weighted by molar-refractivity contribution is 5.96. The van der Waals surface area contributed by atoms with Gasteiger partial charge in [-0.05, 0) is 57.0 Å². The van der Waals surface area contributed by atoms with Crippen molar-refractivity contribution in [2.45, 2.75) is 38.6 Å². The number of aryl methyl sites for hydroxylation is 1. The molecule has 1 aromatic rings. The first-order chi connectivity index (χ1) is 8.93. The van der Waals surface area contributed by atoms with Gasteiger partial charge in [-0.1, -0.05) is 0 Å². The maximum atomic E-state index is 11.7. The van der Waals surface area contributed by atoms with Crippen molar-refractivity contribution < 1.29 is 4.79 Å². The van der Waals surface area contributed by atoms with Crippen LogP contribution in [0, 0.1) is 0 Å². The van der Waals surface area contributed by atoms with Gasteiger partial charge in [0, 0.05) is 30.4 Å². The monoisotopic (exact) mass is 261 g/mol. The zero-order valence-electron chi connectivity index (χ0n) is 12.0. The van der Waals surface area contributed by atoms with Crippen LogP contribution in [0.5, 0.6) is 0 Å². The molecule has 1 aliphatic heterocycles. The number of rotatable bonds is 4. The summed E-state index contributed by atoms with van der Waals surface area (Å²) in [5, 5.41) is 3.51. The van der Waals surface area contributed by atoms with E-state index in [1.54, 1.807) is 4.90 Å². The Morgan fingerprint density at radius 2 is 2.11 bits per heavy atom. The predicted octanol–water partition coefficient (Wildman–Crippen LogP) is 2.13. The Kier molecular flexibility index (Phi) is 3.80. The number of benzene rings is 1. The van der Waals surface area contributed by atoms with Gasteiger partial charge in [0.2, 0.25) is 5.91 Å². The van der Waals surface area contributed by atoms with Crippen molar-refractivity contribution in [2.75, 3.05) is 23.8 Å². The maximum Gasteiger partial charge on any atom is 0.227 e. The van der Waals surface area contributed by atoms with Gasteiger partial charge >= 0.3 is 0 Å².